The zero-order chi connectivity index (χ0) is 17.0. The number of hydrogen-bond donors (Lipinski definition) is 0. The van der Waals surface area contributed by atoms with Gasteiger partial charge in [0, 0.05) is 9.48 Å². The van der Waals surface area contributed by atoms with Crippen LogP contribution in [0, 0.1) is 0 Å². The van der Waals surface area contributed by atoms with Crippen molar-refractivity contribution in [2.75, 3.05) is 0 Å². The average molecular weight is 344 g/mol. The van der Waals surface area contributed by atoms with E-state index in [0.717, 1.165) is 9.48 Å². The van der Waals surface area contributed by atoms with E-state index in [1.54, 1.807) is 12.1 Å². The maximum Gasteiger partial charge on any atom is 0.573 e. The van der Waals surface area contributed by atoms with Crippen LogP contribution in [0.15, 0.2) is 24.3 Å². The maximum absolute atomic E-state index is 12.3. The number of alkyl halides is 3. The molecule has 2 aromatic rings. The SMILES string of the molecule is CC1(C)OB(c2cc3cc(OC(F)(F)F)ccc3s2)OC1(C)C. The molecule has 0 unspecified atom stereocenters. The van der Waals surface area contributed by atoms with Gasteiger partial charge in [-0.15, -0.1) is 24.5 Å². The van der Waals surface area contributed by atoms with Crippen LogP contribution in [0.25, 0.3) is 10.1 Å². The highest BCUT2D eigenvalue weighted by atomic mass is 32.1. The van der Waals surface area contributed by atoms with Crippen LogP contribution in [0.4, 0.5) is 13.2 Å². The highest BCUT2D eigenvalue weighted by Gasteiger charge is 2.52. The van der Waals surface area contributed by atoms with E-state index >= 15 is 0 Å². The van der Waals surface area contributed by atoms with Gasteiger partial charge in [0.1, 0.15) is 5.75 Å². The Morgan fingerprint density at radius 3 is 2.22 bits per heavy atom. The Hall–Kier alpha value is -1.25. The van der Waals surface area contributed by atoms with E-state index in [1.165, 1.54) is 23.5 Å². The molecule has 3 nitrogen and oxygen atoms in total. The third-order valence-corrected chi connectivity index (χ3v) is 5.36. The minimum atomic E-state index is -4.70. The Morgan fingerprint density at radius 2 is 1.65 bits per heavy atom. The molecule has 2 heterocycles. The van der Waals surface area contributed by atoms with Gasteiger partial charge in [0.25, 0.3) is 0 Å². The second kappa shape index (κ2) is 5.12. The Kier molecular flexibility index (Phi) is 3.70. The number of hydrogen-bond acceptors (Lipinski definition) is 4. The fourth-order valence-corrected chi connectivity index (χ4v) is 3.32. The highest BCUT2D eigenvalue weighted by molar-refractivity contribution is 7.28. The number of ether oxygens (including phenoxy) is 1. The van der Waals surface area contributed by atoms with Gasteiger partial charge >= 0.3 is 13.5 Å². The molecule has 0 aliphatic carbocycles. The Morgan fingerprint density at radius 1 is 1.04 bits per heavy atom. The van der Waals surface area contributed by atoms with E-state index in [4.69, 9.17) is 9.31 Å². The summed E-state index contributed by atoms with van der Waals surface area (Å²) in [5, 5.41) is 0.668. The molecule has 0 radical (unpaired) electrons. The summed E-state index contributed by atoms with van der Waals surface area (Å²) in [6.45, 7) is 7.82. The molecule has 1 aromatic heterocycles. The molecule has 0 spiro atoms. The van der Waals surface area contributed by atoms with E-state index in [0.29, 0.717) is 5.39 Å². The molecule has 1 aliphatic rings. The van der Waals surface area contributed by atoms with Gasteiger partial charge in [-0.2, -0.15) is 0 Å². The molecular formula is C15H16BF3O3S. The van der Waals surface area contributed by atoms with Crippen LogP contribution < -0.4 is 9.51 Å². The summed E-state index contributed by atoms with van der Waals surface area (Å²) < 4.78 is 54.5. The monoisotopic (exact) mass is 344 g/mol. The average Bonchev–Trinajstić information content (AvgIpc) is 2.86. The Labute approximate surface area is 136 Å². The number of halogens is 3. The lowest BCUT2D eigenvalue weighted by Crippen LogP contribution is -2.41. The van der Waals surface area contributed by atoms with Crippen molar-refractivity contribution in [3.63, 3.8) is 0 Å². The van der Waals surface area contributed by atoms with Crippen LogP contribution in [0.2, 0.25) is 0 Å². The fraction of sp³-hybridized carbons (Fsp3) is 0.467. The fourth-order valence-electron chi connectivity index (χ4n) is 2.31. The van der Waals surface area contributed by atoms with Crippen LogP contribution >= 0.6 is 11.3 Å². The molecule has 23 heavy (non-hydrogen) atoms. The van der Waals surface area contributed by atoms with Gasteiger partial charge in [-0.1, -0.05) is 0 Å². The summed E-state index contributed by atoms with van der Waals surface area (Å²) in [6, 6.07) is 6.07. The normalized spacial score (nSPS) is 20.2. The van der Waals surface area contributed by atoms with Gasteiger partial charge in [0.2, 0.25) is 0 Å². The number of fused-ring (bicyclic) bond motifs is 1. The second-order valence-electron chi connectivity index (χ2n) is 6.48. The first-order valence-electron chi connectivity index (χ1n) is 7.12. The van der Waals surface area contributed by atoms with E-state index in [2.05, 4.69) is 4.74 Å². The summed E-state index contributed by atoms with van der Waals surface area (Å²) in [5.74, 6) is -0.233. The lowest BCUT2D eigenvalue weighted by molar-refractivity contribution is -0.274. The number of rotatable bonds is 2. The van der Waals surface area contributed by atoms with Gasteiger partial charge in [-0.05, 0) is 57.3 Å². The third kappa shape index (κ3) is 3.20. The Balaban J connectivity index is 1.89. The van der Waals surface area contributed by atoms with Crippen LogP contribution in [0.1, 0.15) is 27.7 Å². The second-order valence-corrected chi connectivity index (χ2v) is 7.60. The minimum absolute atomic E-state index is 0.233. The van der Waals surface area contributed by atoms with Crippen molar-refractivity contribution in [1.82, 2.24) is 0 Å². The zero-order valence-electron chi connectivity index (χ0n) is 13.2. The van der Waals surface area contributed by atoms with Gasteiger partial charge in [0.15, 0.2) is 0 Å². The van der Waals surface area contributed by atoms with Crippen molar-refractivity contribution in [3.8, 4) is 5.75 Å². The molecule has 0 N–H and O–H groups in total. The molecule has 1 aliphatic heterocycles. The van der Waals surface area contributed by atoms with Gasteiger partial charge in [0.05, 0.1) is 11.2 Å². The smallest absolute Gasteiger partial charge is 0.406 e. The van der Waals surface area contributed by atoms with Crippen molar-refractivity contribution in [1.29, 1.82) is 0 Å². The first kappa shape index (κ1) is 16.6. The molecule has 124 valence electrons. The molecule has 0 bridgehead atoms. The molecule has 0 amide bonds. The van der Waals surface area contributed by atoms with Crippen molar-refractivity contribution in [3.05, 3.63) is 24.3 Å². The molecular weight excluding hydrogens is 328 g/mol. The molecule has 1 saturated heterocycles. The number of benzene rings is 1. The summed E-state index contributed by atoms with van der Waals surface area (Å²) in [7, 11) is -0.524. The summed E-state index contributed by atoms with van der Waals surface area (Å²) in [4.78, 5) is 0. The first-order chi connectivity index (χ1) is 10.5. The molecule has 3 rings (SSSR count). The van der Waals surface area contributed by atoms with Gasteiger partial charge in [-0.25, -0.2) is 0 Å². The minimum Gasteiger partial charge on any atom is -0.406 e. The van der Waals surface area contributed by atoms with E-state index in [9.17, 15) is 13.2 Å². The predicted molar refractivity (Wildman–Crippen MR) is 84.2 cm³/mol. The van der Waals surface area contributed by atoms with Crippen LogP contribution in [0.5, 0.6) is 5.75 Å². The highest BCUT2D eigenvalue weighted by Crippen LogP contribution is 2.38. The zero-order valence-corrected chi connectivity index (χ0v) is 14.0. The molecule has 0 atom stereocenters. The van der Waals surface area contributed by atoms with Gasteiger partial charge in [-0.3, -0.25) is 0 Å². The van der Waals surface area contributed by atoms with Crippen LogP contribution in [-0.2, 0) is 9.31 Å². The molecule has 1 aromatic carbocycles. The van der Waals surface area contributed by atoms with Crippen molar-refractivity contribution >= 4 is 33.3 Å². The summed E-state index contributed by atoms with van der Waals surface area (Å²) in [5.41, 5.74) is -0.920. The largest absolute Gasteiger partial charge is 0.573 e. The van der Waals surface area contributed by atoms with E-state index in [-0.39, 0.29) is 5.75 Å². The summed E-state index contributed by atoms with van der Waals surface area (Å²) in [6.07, 6.45) is -4.70. The van der Waals surface area contributed by atoms with Crippen LogP contribution in [0.3, 0.4) is 0 Å². The van der Waals surface area contributed by atoms with Crippen LogP contribution in [-0.4, -0.2) is 24.7 Å². The maximum atomic E-state index is 12.3. The van der Waals surface area contributed by atoms with Crippen molar-refractivity contribution in [2.45, 2.75) is 45.3 Å². The summed E-state index contributed by atoms with van der Waals surface area (Å²) >= 11 is 1.44. The topological polar surface area (TPSA) is 27.7 Å². The quantitative estimate of drug-likeness (QED) is 0.768. The van der Waals surface area contributed by atoms with E-state index in [1.807, 2.05) is 27.7 Å². The molecule has 8 heteroatoms. The van der Waals surface area contributed by atoms with Crippen molar-refractivity contribution in [2.24, 2.45) is 0 Å². The lowest BCUT2D eigenvalue weighted by atomic mass is 9.87. The van der Waals surface area contributed by atoms with Gasteiger partial charge < -0.3 is 14.0 Å². The lowest BCUT2D eigenvalue weighted by Gasteiger charge is -2.32. The standard InChI is InChI=1S/C15H16BF3O3S/c1-13(2)14(3,4)22-16(21-13)12-8-9-7-10(20-15(17,18)19)5-6-11(9)23-12/h5-8H,1-4H3. The van der Waals surface area contributed by atoms with Crippen molar-refractivity contribution < 1.29 is 27.2 Å². The number of thiophene rings is 1. The molecule has 1 fully saturated rings. The first-order valence-corrected chi connectivity index (χ1v) is 7.93. The predicted octanol–water partition coefficient (Wildman–Crippen LogP) is 4.10. The van der Waals surface area contributed by atoms with E-state index < -0.39 is 24.7 Å². The Bertz CT molecular complexity index is 723. The molecule has 0 saturated carbocycles. The third-order valence-electron chi connectivity index (χ3n) is 4.23.